The Labute approximate surface area is 265 Å². The van der Waals surface area contributed by atoms with Crippen LogP contribution in [0.2, 0.25) is 0 Å². The molecule has 0 bridgehead atoms. The molecule has 2 rings (SSSR count). The van der Waals surface area contributed by atoms with Crippen LogP contribution in [0.3, 0.4) is 0 Å². The molecule has 0 spiro atoms. The summed E-state index contributed by atoms with van der Waals surface area (Å²) in [6, 6.07) is 1.52. The lowest BCUT2D eigenvalue weighted by atomic mass is 9.74. The number of carboxylic acid groups (broad SMARTS) is 2. The van der Waals surface area contributed by atoms with E-state index in [1.807, 2.05) is 62.3 Å². The highest BCUT2D eigenvalue weighted by Gasteiger charge is 2.35. The van der Waals surface area contributed by atoms with Crippen molar-refractivity contribution in [1.29, 1.82) is 0 Å². The molecule has 1 heterocycles. The number of piperidine rings is 1. The topological polar surface area (TPSA) is 169 Å². The zero-order valence-corrected chi connectivity index (χ0v) is 28.1. The lowest BCUT2D eigenvalue weighted by molar-refractivity contribution is -0.140. The monoisotopic (exact) mass is 634 g/mol. The predicted molar refractivity (Wildman–Crippen MR) is 167 cm³/mol. The molecule has 0 atom stereocenters. The van der Waals surface area contributed by atoms with E-state index in [0.717, 1.165) is 12.8 Å². The quantitative estimate of drug-likeness (QED) is 0.268. The maximum atomic E-state index is 13.9. The summed E-state index contributed by atoms with van der Waals surface area (Å²) in [6.07, 6.45) is 2.01. The Morgan fingerprint density at radius 1 is 0.867 bits per heavy atom. The van der Waals surface area contributed by atoms with Crippen LogP contribution in [0.5, 0.6) is 11.5 Å². The van der Waals surface area contributed by atoms with Crippen LogP contribution in [0.1, 0.15) is 109 Å². The van der Waals surface area contributed by atoms with Crippen molar-refractivity contribution in [2.24, 2.45) is 5.92 Å². The lowest BCUT2D eigenvalue weighted by Crippen LogP contribution is -2.41. The number of nitrogens with zero attached hydrogens (tertiary/aromatic N) is 1. The Bertz CT molecular complexity index is 1260. The molecule has 1 fully saturated rings. The molecular weight excluding hydrogens is 584 g/mol. The van der Waals surface area contributed by atoms with E-state index >= 15 is 0 Å². The summed E-state index contributed by atoms with van der Waals surface area (Å²) in [5, 5.41) is 21.3. The molecule has 3 N–H and O–H groups in total. The third-order valence-electron chi connectivity index (χ3n) is 7.27. The first-order chi connectivity index (χ1) is 20.6. The van der Waals surface area contributed by atoms with Gasteiger partial charge in [0.05, 0.1) is 6.54 Å². The van der Waals surface area contributed by atoms with Crippen molar-refractivity contribution in [3.05, 3.63) is 22.8 Å². The van der Waals surface area contributed by atoms with Crippen LogP contribution in [0.25, 0.3) is 0 Å². The second-order valence-electron chi connectivity index (χ2n) is 14.5. The molecule has 1 aliphatic heterocycles. The van der Waals surface area contributed by atoms with Gasteiger partial charge in [-0.15, -0.1) is 0 Å². The summed E-state index contributed by atoms with van der Waals surface area (Å²) in [4.78, 5) is 63.5. The van der Waals surface area contributed by atoms with Gasteiger partial charge >= 0.3 is 18.0 Å². The number of aliphatic carboxylic acids is 2. The minimum atomic E-state index is -1.26. The van der Waals surface area contributed by atoms with Crippen LogP contribution in [0.15, 0.2) is 6.07 Å². The lowest BCUT2D eigenvalue weighted by Gasteiger charge is -2.33. The molecule has 12 heteroatoms. The highest BCUT2D eigenvalue weighted by molar-refractivity contribution is 6.03. The van der Waals surface area contributed by atoms with Gasteiger partial charge in [-0.1, -0.05) is 41.5 Å². The Hall–Kier alpha value is -3.83. The molecule has 1 aromatic rings. The van der Waals surface area contributed by atoms with Crippen molar-refractivity contribution in [1.82, 2.24) is 10.2 Å². The number of carbonyl (C=O) groups is 5. The molecule has 0 radical (unpaired) electrons. The van der Waals surface area contributed by atoms with Gasteiger partial charge < -0.3 is 34.6 Å². The third-order valence-corrected chi connectivity index (χ3v) is 7.27. The van der Waals surface area contributed by atoms with E-state index in [1.165, 1.54) is 6.07 Å². The van der Waals surface area contributed by atoms with Gasteiger partial charge in [-0.2, -0.15) is 0 Å². The number of likely N-dealkylation sites (tertiary alicyclic amines) is 1. The number of ketones is 1. The number of rotatable bonds is 12. The largest absolute Gasteiger partial charge is 0.479 e. The summed E-state index contributed by atoms with van der Waals surface area (Å²) in [5.74, 6) is -2.90. The Morgan fingerprint density at radius 3 is 1.91 bits per heavy atom. The predicted octanol–water partition coefficient (Wildman–Crippen LogP) is 4.93. The first-order valence-electron chi connectivity index (χ1n) is 15.3. The number of carboxylic acids is 2. The molecule has 0 saturated carbocycles. The van der Waals surface area contributed by atoms with Crippen molar-refractivity contribution in [2.45, 2.75) is 104 Å². The smallest absolute Gasteiger partial charge is 0.410 e. The van der Waals surface area contributed by atoms with E-state index in [4.69, 9.17) is 14.2 Å². The van der Waals surface area contributed by atoms with Crippen molar-refractivity contribution < 1.29 is 48.4 Å². The van der Waals surface area contributed by atoms with Crippen LogP contribution >= 0.6 is 0 Å². The molecule has 0 aromatic heterocycles. The number of amides is 2. The zero-order valence-electron chi connectivity index (χ0n) is 28.1. The Balaban J connectivity index is 2.24. The minimum Gasteiger partial charge on any atom is -0.479 e. The molecule has 1 saturated heterocycles. The second-order valence-corrected chi connectivity index (χ2v) is 14.5. The van der Waals surface area contributed by atoms with Crippen molar-refractivity contribution in [2.75, 3.05) is 32.8 Å². The maximum Gasteiger partial charge on any atom is 0.410 e. The molecule has 45 heavy (non-hydrogen) atoms. The van der Waals surface area contributed by atoms with E-state index in [0.29, 0.717) is 30.6 Å². The zero-order chi connectivity index (χ0) is 34.3. The normalized spacial score (nSPS) is 14.5. The van der Waals surface area contributed by atoms with Gasteiger partial charge in [0, 0.05) is 30.6 Å². The first-order valence-corrected chi connectivity index (χ1v) is 15.3. The second kappa shape index (κ2) is 15.0. The van der Waals surface area contributed by atoms with E-state index in [-0.39, 0.29) is 47.9 Å². The summed E-state index contributed by atoms with van der Waals surface area (Å²) < 4.78 is 16.6. The highest BCUT2D eigenvalue weighted by Crippen LogP contribution is 2.46. The first kappa shape index (κ1) is 37.4. The number of nitrogens with one attached hydrogen (secondary N) is 1. The van der Waals surface area contributed by atoms with Crippen molar-refractivity contribution in [3.8, 4) is 11.5 Å². The fourth-order valence-corrected chi connectivity index (χ4v) is 5.18. The average molecular weight is 635 g/mol. The summed E-state index contributed by atoms with van der Waals surface area (Å²) >= 11 is 0. The van der Waals surface area contributed by atoms with E-state index in [2.05, 4.69) is 5.32 Å². The van der Waals surface area contributed by atoms with Crippen molar-refractivity contribution >= 4 is 29.7 Å². The van der Waals surface area contributed by atoms with E-state index < -0.39 is 47.4 Å². The van der Waals surface area contributed by atoms with Gasteiger partial charge in [-0.05, 0) is 68.4 Å². The number of hydrogen-bond donors (Lipinski definition) is 3. The maximum absolute atomic E-state index is 13.9. The molecule has 1 aliphatic rings. The van der Waals surface area contributed by atoms with Gasteiger partial charge in [0.1, 0.15) is 5.60 Å². The molecular formula is C33H50N2O10. The van der Waals surface area contributed by atoms with E-state index in [1.54, 1.807) is 4.90 Å². The van der Waals surface area contributed by atoms with Crippen LogP contribution in [0.4, 0.5) is 4.79 Å². The molecule has 1 aromatic carbocycles. The number of hydrogen-bond acceptors (Lipinski definition) is 8. The van der Waals surface area contributed by atoms with Crippen LogP contribution < -0.4 is 14.8 Å². The molecule has 12 nitrogen and oxygen atoms in total. The molecule has 0 aliphatic carbocycles. The number of benzene rings is 1. The molecule has 2 amide bonds. The Morgan fingerprint density at radius 2 is 1.42 bits per heavy atom. The standard InChI is InChI=1S/C33H50N2O10/c1-31(2,3)21-16-23(43-18-25(38)39)29(44-19-26(40)41)28(32(4,5)6)27(21)22(36)17-34-24(37)11-10-20-12-14-35(15-13-20)30(42)45-33(7,8)9/h16,20H,10-15,17-19H2,1-9H3,(H,34,37)(H,38,39)(H,40,41). The SMILES string of the molecule is CC(C)(C)OC(=O)N1CCC(CCC(=O)NCC(=O)c2c(C(C)(C)C)cc(OCC(=O)O)c(OCC(=O)O)c2C(C)(C)C)CC1. The van der Waals surface area contributed by atoms with Gasteiger partial charge in [0.15, 0.2) is 30.5 Å². The summed E-state index contributed by atoms with van der Waals surface area (Å²) in [7, 11) is 0. The number of carbonyl (C=O) groups excluding carboxylic acids is 3. The third kappa shape index (κ3) is 11.6. The van der Waals surface area contributed by atoms with Gasteiger partial charge in [0.25, 0.3) is 0 Å². The fraction of sp³-hybridized carbons (Fsp3) is 0.667. The summed E-state index contributed by atoms with van der Waals surface area (Å²) in [6.45, 7) is 16.0. The van der Waals surface area contributed by atoms with Gasteiger partial charge in [0.2, 0.25) is 5.91 Å². The Kier molecular flexibility index (Phi) is 12.4. The van der Waals surface area contributed by atoms with Gasteiger partial charge in [-0.3, -0.25) is 9.59 Å². The fourth-order valence-electron chi connectivity index (χ4n) is 5.18. The number of ether oxygens (including phenoxy) is 3. The van der Waals surface area contributed by atoms with Gasteiger partial charge in [-0.25, -0.2) is 14.4 Å². The van der Waals surface area contributed by atoms with Crippen LogP contribution in [-0.4, -0.2) is 83.3 Å². The molecule has 0 unspecified atom stereocenters. The van der Waals surface area contributed by atoms with Crippen LogP contribution in [-0.2, 0) is 30.0 Å². The van der Waals surface area contributed by atoms with E-state index in [9.17, 15) is 34.2 Å². The van der Waals surface area contributed by atoms with Crippen LogP contribution in [0, 0.1) is 5.92 Å². The minimum absolute atomic E-state index is 0.0202. The molecule has 252 valence electrons. The average Bonchev–Trinajstić information content (AvgIpc) is 2.90. The highest BCUT2D eigenvalue weighted by atomic mass is 16.6. The number of Topliss-reactive ketones (excluding diaryl/α,β-unsaturated/α-hetero) is 1. The van der Waals surface area contributed by atoms with Crippen molar-refractivity contribution in [3.63, 3.8) is 0 Å². The summed E-state index contributed by atoms with van der Waals surface area (Å²) in [5.41, 5.74) is -0.754.